The van der Waals surface area contributed by atoms with E-state index in [9.17, 15) is 9.18 Å². The molecule has 0 radical (unpaired) electrons. The van der Waals surface area contributed by atoms with Crippen LogP contribution >= 0.6 is 0 Å². The van der Waals surface area contributed by atoms with Crippen molar-refractivity contribution in [3.63, 3.8) is 0 Å². The molecule has 1 aliphatic rings. The number of amides is 1. The van der Waals surface area contributed by atoms with E-state index in [1.54, 1.807) is 0 Å². The number of ether oxygens (including phenoxy) is 1. The van der Waals surface area contributed by atoms with E-state index >= 15 is 0 Å². The average Bonchev–Trinajstić information content (AvgIpc) is 1.60. The molecular formula is C5H8FNO2. The van der Waals surface area contributed by atoms with Gasteiger partial charge in [0.2, 0.25) is 0 Å². The SMILES string of the molecule is O=C(F)NCC1COC1. The number of carbonyl (C=O) groups excluding carboxylic acids is 1. The smallest absolute Gasteiger partial charge is 0.381 e. The molecule has 0 aromatic heterocycles. The molecular weight excluding hydrogens is 125 g/mol. The maximum atomic E-state index is 11.4. The van der Waals surface area contributed by atoms with Crippen molar-refractivity contribution in [2.24, 2.45) is 5.92 Å². The minimum absolute atomic E-state index is 0.324. The summed E-state index contributed by atoms with van der Waals surface area (Å²) >= 11 is 0. The van der Waals surface area contributed by atoms with Crippen molar-refractivity contribution in [2.45, 2.75) is 0 Å². The zero-order valence-electron chi connectivity index (χ0n) is 4.89. The predicted octanol–water partition coefficient (Wildman–Crippen LogP) is 0.312. The summed E-state index contributed by atoms with van der Waals surface area (Å²) in [7, 11) is 0. The molecule has 0 bridgehead atoms. The predicted molar refractivity (Wildman–Crippen MR) is 28.8 cm³/mol. The highest BCUT2D eigenvalue weighted by Crippen LogP contribution is 2.07. The fourth-order valence-corrected chi connectivity index (χ4v) is 0.627. The van der Waals surface area contributed by atoms with Crippen molar-refractivity contribution in [3.8, 4) is 0 Å². The van der Waals surface area contributed by atoms with Crippen LogP contribution in [0.25, 0.3) is 0 Å². The van der Waals surface area contributed by atoms with E-state index < -0.39 is 6.16 Å². The van der Waals surface area contributed by atoms with E-state index in [1.807, 2.05) is 0 Å². The molecule has 1 rings (SSSR count). The Bertz CT molecular complexity index is 114. The molecule has 1 aliphatic heterocycles. The Morgan fingerprint density at radius 1 is 1.78 bits per heavy atom. The fourth-order valence-electron chi connectivity index (χ4n) is 0.627. The summed E-state index contributed by atoms with van der Waals surface area (Å²) in [5.74, 6) is 0.324. The maximum Gasteiger partial charge on any atom is 0.397 e. The van der Waals surface area contributed by atoms with Gasteiger partial charge in [-0.25, -0.2) is 4.79 Å². The van der Waals surface area contributed by atoms with E-state index in [0.29, 0.717) is 25.7 Å². The second-order valence-electron chi connectivity index (χ2n) is 2.06. The Morgan fingerprint density at radius 2 is 2.44 bits per heavy atom. The van der Waals surface area contributed by atoms with Crippen LogP contribution in [-0.4, -0.2) is 25.9 Å². The van der Waals surface area contributed by atoms with Crippen LogP contribution in [0.15, 0.2) is 0 Å². The molecule has 3 nitrogen and oxygen atoms in total. The summed E-state index contributed by atoms with van der Waals surface area (Å²) in [6.07, 6.45) is -1.46. The Morgan fingerprint density at radius 3 is 2.78 bits per heavy atom. The van der Waals surface area contributed by atoms with Crippen molar-refractivity contribution in [3.05, 3.63) is 0 Å². The second kappa shape index (κ2) is 2.77. The highest BCUT2D eigenvalue weighted by Gasteiger charge is 2.18. The van der Waals surface area contributed by atoms with Crippen LogP contribution in [0.1, 0.15) is 0 Å². The van der Waals surface area contributed by atoms with Gasteiger partial charge in [-0.2, -0.15) is 0 Å². The lowest BCUT2D eigenvalue weighted by Gasteiger charge is -2.25. The first-order valence-electron chi connectivity index (χ1n) is 2.80. The quantitative estimate of drug-likeness (QED) is 0.435. The monoisotopic (exact) mass is 133 g/mol. The zero-order valence-corrected chi connectivity index (χ0v) is 4.89. The Hall–Kier alpha value is -0.640. The molecule has 0 aromatic rings. The third-order valence-corrected chi connectivity index (χ3v) is 1.24. The van der Waals surface area contributed by atoms with Gasteiger partial charge in [0.15, 0.2) is 0 Å². The molecule has 4 heteroatoms. The fraction of sp³-hybridized carbons (Fsp3) is 0.800. The highest BCUT2D eigenvalue weighted by molar-refractivity contribution is 5.65. The number of hydrogen-bond acceptors (Lipinski definition) is 2. The van der Waals surface area contributed by atoms with Crippen LogP contribution in [0.4, 0.5) is 9.18 Å². The van der Waals surface area contributed by atoms with Crippen molar-refractivity contribution in [1.82, 2.24) is 5.32 Å². The largest absolute Gasteiger partial charge is 0.397 e. The van der Waals surface area contributed by atoms with E-state index in [2.05, 4.69) is 5.32 Å². The molecule has 1 amide bonds. The van der Waals surface area contributed by atoms with Gasteiger partial charge in [0.05, 0.1) is 13.2 Å². The molecule has 1 saturated heterocycles. The van der Waals surface area contributed by atoms with E-state index in [4.69, 9.17) is 4.74 Å². The van der Waals surface area contributed by atoms with Gasteiger partial charge in [-0.1, -0.05) is 0 Å². The molecule has 9 heavy (non-hydrogen) atoms. The molecule has 0 spiro atoms. The van der Waals surface area contributed by atoms with Crippen molar-refractivity contribution >= 4 is 6.16 Å². The van der Waals surface area contributed by atoms with Crippen LogP contribution in [0.5, 0.6) is 0 Å². The van der Waals surface area contributed by atoms with Gasteiger partial charge in [-0.3, -0.25) is 0 Å². The lowest BCUT2D eigenvalue weighted by molar-refractivity contribution is -0.0296. The Labute approximate surface area is 52.2 Å². The van der Waals surface area contributed by atoms with Crippen molar-refractivity contribution in [2.75, 3.05) is 19.8 Å². The van der Waals surface area contributed by atoms with Gasteiger partial charge in [-0.05, 0) is 0 Å². The molecule has 1 N–H and O–H groups in total. The topological polar surface area (TPSA) is 38.3 Å². The van der Waals surface area contributed by atoms with E-state index in [1.165, 1.54) is 0 Å². The van der Waals surface area contributed by atoms with E-state index in [-0.39, 0.29) is 0 Å². The Kier molecular flexibility index (Phi) is 2.00. The number of hydrogen-bond donors (Lipinski definition) is 1. The summed E-state index contributed by atoms with van der Waals surface area (Å²) in [5.41, 5.74) is 0. The third kappa shape index (κ3) is 1.97. The van der Waals surface area contributed by atoms with Crippen LogP contribution in [-0.2, 0) is 4.74 Å². The van der Waals surface area contributed by atoms with Crippen molar-refractivity contribution in [1.29, 1.82) is 0 Å². The summed E-state index contributed by atoms with van der Waals surface area (Å²) in [4.78, 5) is 9.67. The van der Waals surface area contributed by atoms with Gasteiger partial charge in [0, 0.05) is 12.5 Å². The number of halogens is 1. The van der Waals surface area contributed by atoms with Gasteiger partial charge in [-0.15, -0.1) is 4.39 Å². The lowest BCUT2D eigenvalue weighted by Crippen LogP contribution is -2.37. The van der Waals surface area contributed by atoms with E-state index in [0.717, 1.165) is 0 Å². The van der Waals surface area contributed by atoms with Crippen LogP contribution in [0, 0.1) is 5.92 Å². The van der Waals surface area contributed by atoms with Crippen LogP contribution < -0.4 is 5.32 Å². The summed E-state index contributed by atoms with van der Waals surface area (Å²) < 4.78 is 16.2. The normalized spacial score (nSPS) is 18.8. The highest BCUT2D eigenvalue weighted by atomic mass is 19.1. The van der Waals surface area contributed by atoms with Gasteiger partial charge < -0.3 is 10.1 Å². The second-order valence-corrected chi connectivity index (χ2v) is 2.06. The molecule has 1 heterocycles. The van der Waals surface area contributed by atoms with Crippen LogP contribution in [0.2, 0.25) is 0 Å². The minimum atomic E-state index is -1.46. The first-order chi connectivity index (χ1) is 4.29. The molecule has 1 fully saturated rings. The molecule has 0 atom stereocenters. The number of nitrogens with one attached hydrogen (secondary N) is 1. The standard InChI is InChI=1S/C5H8FNO2/c6-5(8)7-1-4-2-9-3-4/h4H,1-3H2,(H,7,8). The summed E-state index contributed by atoms with van der Waals surface area (Å²) in [6, 6.07) is 0. The number of rotatable bonds is 2. The third-order valence-electron chi connectivity index (χ3n) is 1.24. The average molecular weight is 133 g/mol. The zero-order chi connectivity index (χ0) is 6.69. The minimum Gasteiger partial charge on any atom is -0.381 e. The molecule has 0 aliphatic carbocycles. The Balaban J connectivity index is 1.97. The molecule has 0 saturated carbocycles. The van der Waals surface area contributed by atoms with Crippen molar-refractivity contribution < 1.29 is 13.9 Å². The van der Waals surface area contributed by atoms with Crippen LogP contribution in [0.3, 0.4) is 0 Å². The lowest BCUT2D eigenvalue weighted by atomic mass is 10.1. The molecule has 0 unspecified atom stereocenters. The van der Waals surface area contributed by atoms with Gasteiger partial charge in [0.1, 0.15) is 0 Å². The molecule has 52 valence electrons. The summed E-state index contributed by atoms with van der Waals surface area (Å²) in [5, 5.41) is 2.06. The number of carbonyl (C=O) groups is 1. The van der Waals surface area contributed by atoms with Gasteiger partial charge in [0.25, 0.3) is 0 Å². The van der Waals surface area contributed by atoms with Gasteiger partial charge >= 0.3 is 6.16 Å². The summed E-state index contributed by atoms with van der Waals surface area (Å²) in [6.45, 7) is 1.68. The molecule has 0 aromatic carbocycles. The first kappa shape index (κ1) is 6.48. The maximum absolute atomic E-state index is 11.4. The first-order valence-corrected chi connectivity index (χ1v) is 2.80.